The molecule has 3 rings (SSSR count). The first-order valence-electron chi connectivity index (χ1n) is 6.41. The van der Waals surface area contributed by atoms with E-state index < -0.39 is 0 Å². The molecule has 2 aromatic heterocycles. The van der Waals surface area contributed by atoms with Crippen LogP contribution in [0.4, 0.5) is 4.39 Å². The Balaban J connectivity index is 2.07. The van der Waals surface area contributed by atoms with Gasteiger partial charge in [0.05, 0.1) is 23.4 Å². The minimum absolute atomic E-state index is 0.178. The lowest BCUT2D eigenvalue weighted by Gasteiger charge is -2.16. The zero-order valence-corrected chi connectivity index (χ0v) is 11.0. The number of hydrogen-bond donors (Lipinski definition) is 1. The van der Waals surface area contributed by atoms with Crippen LogP contribution in [0.25, 0.3) is 10.9 Å². The van der Waals surface area contributed by atoms with Gasteiger partial charge in [-0.05, 0) is 30.8 Å². The van der Waals surface area contributed by atoms with Gasteiger partial charge in [0.1, 0.15) is 5.82 Å². The van der Waals surface area contributed by atoms with Gasteiger partial charge in [-0.2, -0.15) is 0 Å². The van der Waals surface area contributed by atoms with E-state index in [0.717, 1.165) is 22.2 Å². The Morgan fingerprint density at radius 1 is 1.10 bits per heavy atom. The van der Waals surface area contributed by atoms with Crippen LogP contribution in [-0.2, 0) is 0 Å². The minimum atomic E-state index is -0.344. The second-order valence-corrected chi connectivity index (χ2v) is 4.59. The topological polar surface area (TPSA) is 37.8 Å². The summed E-state index contributed by atoms with van der Waals surface area (Å²) in [6.07, 6.45) is 2.85. The molecule has 1 unspecified atom stereocenters. The first kappa shape index (κ1) is 12.7. The van der Waals surface area contributed by atoms with Gasteiger partial charge in [0.15, 0.2) is 0 Å². The smallest absolute Gasteiger partial charge is 0.141 e. The first-order chi connectivity index (χ1) is 9.78. The molecule has 4 heteroatoms. The standard InChI is InChI=1S/C16H14FN3/c1-18-16(12-8-13(17)10-19-9-12)15-7-6-11-4-2-3-5-14(11)20-15/h2-10,16,18H,1H3. The van der Waals surface area contributed by atoms with E-state index in [2.05, 4.69) is 15.3 Å². The quantitative estimate of drug-likeness (QED) is 0.792. The van der Waals surface area contributed by atoms with Crippen molar-refractivity contribution in [1.29, 1.82) is 0 Å². The molecule has 0 spiro atoms. The van der Waals surface area contributed by atoms with Gasteiger partial charge in [-0.15, -0.1) is 0 Å². The van der Waals surface area contributed by atoms with Gasteiger partial charge in [0.25, 0.3) is 0 Å². The van der Waals surface area contributed by atoms with E-state index in [0.29, 0.717) is 0 Å². The molecule has 100 valence electrons. The molecule has 1 aromatic carbocycles. The van der Waals surface area contributed by atoms with Gasteiger partial charge < -0.3 is 5.32 Å². The number of fused-ring (bicyclic) bond motifs is 1. The summed E-state index contributed by atoms with van der Waals surface area (Å²) in [5.41, 5.74) is 2.53. The fourth-order valence-electron chi connectivity index (χ4n) is 2.31. The Morgan fingerprint density at radius 3 is 2.75 bits per heavy atom. The highest BCUT2D eigenvalue weighted by molar-refractivity contribution is 5.78. The van der Waals surface area contributed by atoms with Crippen molar-refractivity contribution >= 4 is 10.9 Å². The molecule has 0 aliphatic heterocycles. The molecule has 0 fully saturated rings. The molecule has 2 heterocycles. The normalized spacial score (nSPS) is 12.5. The molecule has 0 aliphatic rings. The fraction of sp³-hybridized carbons (Fsp3) is 0.125. The van der Waals surface area contributed by atoms with Crippen LogP contribution in [0, 0.1) is 5.82 Å². The third-order valence-electron chi connectivity index (χ3n) is 3.26. The van der Waals surface area contributed by atoms with Crippen molar-refractivity contribution in [3.63, 3.8) is 0 Å². The van der Waals surface area contributed by atoms with Gasteiger partial charge in [0, 0.05) is 11.6 Å². The second-order valence-electron chi connectivity index (χ2n) is 4.59. The summed E-state index contributed by atoms with van der Waals surface area (Å²) in [6, 6.07) is 13.2. The van der Waals surface area contributed by atoms with Crippen LogP contribution >= 0.6 is 0 Å². The second kappa shape index (κ2) is 5.35. The average Bonchev–Trinajstić information content (AvgIpc) is 2.48. The highest BCUT2D eigenvalue weighted by atomic mass is 19.1. The van der Waals surface area contributed by atoms with Crippen LogP contribution in [0.1, 0.15) is 17.3 Å². The highest BCUT2D eigenvalue weighted by Gasteiger charge is 2.14. The number of para-hydroxylation sites is 1. The van der Waals surface area contributed by atoms with Gasteiger partial charge >= 0.3 is 0 Å². The molecule has 1 atom stereocenters. The average molecular weight is 267 g/mol. The van der Waals surface area contributed by atoms with Crippen molar-refractivity contribution in [2.45, 2.75) is 6.04 Å². The number of pyridine rings is 2. The summed E-state index contributed by atoms with van der Waals surface area (Å²) in [4.78, 5) is 8.54. The fourth-order valence-corrected chi connectivity index (χ4v) is 2.31. The number of hydrogen-bond acceptors (Lipinski definition) is 3. The number of nitrogens with zero attached hydrogens (tertiary/aromatic N) is 2. The summed E-state index contributed by atoms with van der Waals surface area (Å²) in [5.74, 6) is -0.344. The van der Waals surface area contributed by atoms with E-state index in [1.807, 2.05) is 43.4 Å². The lowest BCUT2D eigenvalue weighted by Crippen LogP contribution is -2.19. The molecule has 0 radical (unpaired) electrons. The van der Waals surface area contributed by atoms with Crippen LogP contribution in [0.3, 0.4) is 0 Å². The molecule has 0 amide bonds. The Hall–Kier alpha value is -2.33. The summed E-state index contributed by atoms with van der Waals surface area (Å²) in [5, 5.41) is 4.24. The number of rotatable bonds is 3. The van der Waals surface area contributed by atoms with E-state index in [1.165, 1.54) is 12.3 Å². The van der Waals surface area contributed by atoms with Crippen molar-refractivity contribution in [2.75, 3.05) is 7.05 Å². The van der Waals surface area contributed by atoms with E-state index in [4.69, 9.17) is 0 Å². The van der Waals surface area contributed by atoms with Crippen molar-refractivity contribution in [2.24, 2.45) is 0 Å². The van der Waals surface area contributed by atoms with Gasteiger partial charge in [-0.25, -0.2) is 4.39 Å². The van der Waals surface area contributed by atoms with E-state index in [-0.39, 0.29) is 11.9 Å². The predicted octanol–water partition coefficient (Wildman–Crippen LogP) is 3.08. The molecule has 20 heavy (non-hydrogen) atoms. The number of aromatic nitrogens is 2. The minimum Gasteiger partial charge on any atom is -0.308 e. The molecule has 1 N–H and O–H groups in total. The maximum absolute atomic E-state index is 13.3. The van der Waals surface area contributed by atoms with Gasteiger partial charge in [0.2, 0.25) is 0 Å². The molecular formula is C16H14FN3. The van der Waals surface area contributed by atoms with E-state index in [9.17, 15) is 4.39 Å². The zero-order valence-electron chi connectivity index (χ0n) is 11.0. The molecule has 0 saturated heterocycles. The summed E-state index contributed by atoms with van der Waals surface area (Å²) in [6.45, 7) is 0. The molecular weight excluding hydrogens is 253 g/mol. The van der Waals surface area contributed by atoms with Gasteiger partial charge in [-0.1, -0.05) is 24.3 Å². The van der Waals surface area contributed by atoms with E-state index in [1.54, 1.807) is 6.20 Å². The molecule has 3 aromatic rings. The molecule has 0 aliphatic carbocycles. The monoisotopic (exact) mass is 267 g/mol. The van der Waals surface area contributed by atoms with Crippen LogP contribution in [0.5, 0.6) is 0 Å². The number of nitrogens with one attached hydrogen (secondary N) is 1. The third kappa shape index (κ3) is 2.38. The summed E-state index contributed by atoms with van der Waals surface area (Å²) in [7, 11) is 1.83. The van der Waals surface area contributed by atoms with Crippen molar-refractivity contribution in [3.8, 4) is 0 Å². The lowest BCUT2D eigenvalue weighted by atomic mass is 10.0. The molecule has 3 nitrogen and oxygen atoms in total. The van der Waals surface area contributed by atoms with Crippen LogP contribution < -0.4 is 5.32 Å². The Kier molecular flexibility index (Phi) is 3.39. The summed E-state index contributed by atoms with van der Waals surface area (Å²) < 4.78 is 13.3. The Labute approximate surface area is 116 Å². The Morgan fingerprint density at radius 2 is 1.95 bits per heavy atom. The predicted molar refractivity (Wildman–Crippen MR) is 76.8 cm³/mol. The van der Waals surface area contributed by atoms with Crippen LogP contribution in [0.2, 0.25) is 0 Å². The highest BCUT2D eigenvalue weighted by Crippen LogP contribution is 2.22. The third-order valence-corrected chi connectivity index (χ3v) is 3.26. The number of benzene rings is 1. The number of halogens is 1. The van der Waals surface area contributed by atoms with E-state index >= 15 is 0 Å². The van der Waals surface area contributed by atoms with Crippen molar-refractivity contribution in [1.82, 2.24) is 15.3 Å². The van der Waals surface area contributed by atoms with Gasteiger partial charge in [-0.3, -0.25) is 9.97 Å². The SMILES string of the molecule is CNC(c1cncc(F)c1)c1ccc2ccccc2n1. The lowest BCUT2D eigenvalue weighted by molar-refractivity contribution is 0.606. The Bertz CT molecular complexity index is 742. The molecule has 0 saturated carbocycles. The first-order valence-corrected chi connectivity index (χ1v) is 6.41. The maximum atomic E-state index is 13.3. The maximum Gasteiger partial charge on any atom is 0.141 e. The zero-order chi connectivity index (χ0) is 13.9. The van der Waals surface area contributed by atoms with Crippen molar-refractivity contribution < 1.29 is 4.39 Å². The van der Waals surface area contributed by atoms with Crippen LogP contribution in [-0.4, -0.2) is 17.0 Å². The van der Waals surface area contributed by atoms with Crippen molar-refractivity contribution in [3.05, 3.63) is 71.9 Å². The van der Waals surface area contributed by atoms with Crippen LogP contribution in [0.15, 0.2) is 54.9 Å². The molecule has 0 bridgehead atoms. The summed E-state index contributed by atoms with van der Waals surface area (Å²) >= 11 is 0. The largest absolute Gasteiger partial charge is 0.308 e.